The minimum atomic E-state index is -4.34. The zero-order chi connectivity index (χ0) is 13.1. The summed E-state index contributed by atoms with van der Waals surface area (Å²) in [5.41, 5.74) is -4.06. The number of hydrogen-bond donors (Lipinski definition) is 1. The van der Waals surface area contributed by atoms with Crippen molar-refractivity contribution in [1.29, 1.82) is 5.26 Å². The van der Waals surface area contributed by atoms with Gasteiger partial charge in [0, 0.05) is 4.90 Å². The minimum absolute atomic E-state index is 0.0241. The Hall–Kier alpha value is -1.45. The molecule has 1 N–H and O–H groups in total. The average molecular weight is 259 g/mol. The smallest absolute Gasteiger partial charge is 0.383 e. The van der Waals surface area contributed by atoms with Crippen LogP contribution in [0.5, 0.6) is 0 Å². The lowest BCUT2D eigenvalue weighted by Gasteiger charge is -2.10. The first kappa shape index (κ1) is 13.6. The van der Waals surface area contributed by atoms with Crippen LogP contribution < -0.4 is 0 Å². The van der Waals surface area contributed by atoms with Crippen LogP contribution in [0.15, 0.2) is 41.3 Å². The van der Waals surface area contributed by atoms with Crippen molar-refractivity contribution in [2.24, 2.45) is 0 Å². The van der Waals surface area contributed by atoms with E-state index in [1.54, 1.807) is 6.07 Å². The summed E-state index contributed by atoms with van der Waals surface area (Å²) >= 11 is -0.234. The number of rotatable bonds is 3. The summed E-state index contributed by atoms with van der Waals surface area (Å²) in [6, 6.07) is 6.83. The maximum atomic E-state index is 12.0. The molecule has 1 unspecified atom stereocenters. The molecule has 0 aliphatic carbocycles. The van der Waals surface area contributed by atoms with Crippen molar-refractivity contribution < 1.29 is 18.3 Å². The fraction of sp³-hybridized carbons (Fsp3) is 0.182. The third-order valence-corrected chi connectivity index (χ3v) is 2.64. The Morgan fingerprint density at radius 2 is 1.88 bits per heavy atom. The molecule has 1 aromatic rings. The van der Waals surface area contributed by atoms with Crippen LogP contribution in [0.2, 0.25) is 0 Å². The van der Waals surface area contributed by atoms with E-state index in [-0.39, 0.29) is 22.2 Å². The van der Waals surface area contributed by atoms with Gasteiger partial charge >= 0.3 is 5.51 Å². The van der Waals surface area contributed by atoms with E-state index in [0.717, 1.165) is 0 Å². The summed E-state index contributed by atoms with van der Waals surface area (Å²) < 4.78 is 36.1. The van der Waals surface area contributed by atoms with Crippen LogP contribution in [-0.2, 0) is 0 Å². The third kappa shape index (κ3) is 4.13. The standard InChI is InChI=1S/C11H8F3NOS/c1-7(6-15)10(16)8-2-4-9(5-3-8)17-11(12,13)14/h2-5,10,16H,1H2. The highest BCUT2D eigenvalue weighted by atomic mass is 32.2. The van der Waals surface area contributed by atoms with E-state index in [2.05, 4.69) is 6.58 Å². The Kier molecular flexibility index (Phi) is 4.21. The van der Waals surface area contributed by atoms with Crippen LogP contribution >= 0.6 is 11.8 Å². The van der Waals surface area contributed by atoms with Crippen molar-refractivity contribution in [3.8, 4) is 6.07 Å². The van der Waals surface area contributed by atoms with Crippen LogP contribution in [0.4, 0.5) is 13.2 Å². The molecule has 17 heavy (non-hydrogen) atoms. The number of thioether (sulfide) groups is 1. The maximum Gasteiger partial charge on any atom is 0.446 e. The number of aliphatic hydroxyl groups is 1. The number of nitrogens with zero attached hydrogens (tertiary/aromatic N) is 1. The first-order valence-corrected chi connectivity index (χ1v) is 5.28. The van der Waals surface area contributed by atoms with E-state index in [0.29, 0.717) is 5.56 Å². The molecule has 90 valence electrons. The van der Waals surface area contributed by atoms with E-state index in [1.807, 2.05) is 0 Å². The zero-order valence-corrected chi connectivity index (χ0v) is 9.35. The molecule has 0 amide bonds. The van der Waals surface area contributed by atoms with Gasteiger partial charge in [-0.25, -0.2) is 0 Å². The Morgan fingerprint density at radius 3 is 2.29 bits per heavy atom. The van der Waals surface area contributed by atoms with Gasteiger partial charge in [-0.15, -0.1) is 0 Å². The van der Waals surface area contributed by atoms with Gasteiger partial charge in [-0.2, -0.15) is 18.4 Å². The third-order valence-electron chi connectivity index (χ3n) is 1.90. The van der Waals surface area contributed by atoms with Gasteiger partial charge in [-0.3, -0.25) is 0 Å². The number of aliphatic hydroxyl groups excluding tert-OH is 1. The molecular weight excluding hydrogens is 251 g/mol. The molecular formula is C11H8F3NOS. The summed E-state index contributed by atoms with van der Waals surface area (Å²) in [5.74, 6) is 0. The van der Waals surface area contributed by atoms with E-state index < -0.39 is 11.6 Å². The Bertz CT molecular complexity index is 447. The lowest BCUT2D eigenvalue weighted by Crippen LogP contribution is -2.01. The number of hydrogen-bond acceptors (Lipinski definition) is 3. The summed E-state index contributed by atoms with van der Waals surface area (Å²) in [5, 5.41) is 18.1. The molecule has 6 heteroatoms. The Morgan fingerprint density at radius 1 is 1.35 bits per heavy atom. The Balaban J connectivity index is 2.82. The number of halogens is 3. The molecule has 1 aromatic carbocycles. The number of benzene rings is 1. The lowest BCUT2D eigenvalue weighted by molar-refractivity contribution is -0.0328. The molecule has 0 aliphatic rings. The Labute approximate surface area is 100 Å². The second-order valence-electron chi connectivity index (χ2n) is 3.16. The molecule has 0 bridgehead atoms. The maximum absolute atomic E-state index is 12.0. The fourth-order valence-corrected chi connectivity index (χ4v) is 1.65. The van der Waals surface area contributed by atoms with Crippen LogP contribution in [0.25, 0.3) is 0 Å². The normalized spacial score (nSPS) is 12.9. The lowest BCUT2D eigenvalue weighted by atomic mass is 10.0. The summed E-state index contributed by atoms with van der Waals surface area (Å²) in [7, 11) is 0. The molecule has 1 rings (SSSR count). The van der Waals surface area contributed by atoms with Gasteiger partial charge in [-0.1, -0.05) is 18.7 Å². The molecule has 0 heterocycles. The molecule has 0 radical (unpaired) electrons. The summed E-state index contributed by atoms with van der Waals surface area (Å²) in [4.78, 5) is 0.0241. The predicted octanol–water partition coefficient (Wildman–Crippen LogP) is 3.41. The summed E-state index contributed by atoms with van der Waals surface area (Å²) in [6.45, 7) is 3.34. The minimum Gasteiger partial charge on any atom is -0.383 e. The van der Waals surface area contributed by atoms with Crippen LogP contribution in [0, 0.1) is 11.3 Å². The van der Waals surface area contributed by atoms with Gasteiger partial charge in [0.15, 0.2) is 0 Å². The molecule has 0 fully saturated rings. The van der Waals surface area contributed by atoms with Crippen molar-refractivity contribution in [2.75, 3.05) is 0 Å². The van der Waals surface area contributed by atoms with E-state index in [1.165, 1.54) is 24.3 Å². The first-order valence-electron chi connectivity index (χ1n) is 4.46. The molecule has 0 saturated heterocycles. The van der Waals surface area contributed by atoms with Gasteiger partial charge < -0.3 is 5.11 Å². The average Bonchev–Trinajstić information content (AvgIpc) is 2.26. The highest BCUT2D eigenvalue weighted by Crippen LogP contribution is 2.37. The molecule has 0 aromatic heterocycles. The molecule has 1 atom stereocenters. The highest BCUT2D eigenvalue weighted by molar-refractivity contribution is 8.00. The molecule has 0 saturated carbocycles. The van der Waals surface area contributed by atoms with Gasteiger partial charge in [0.2, 0.25) is 0 Å². The number of nitriles is 1. The SMILES string of the molecule is C=C(C#N)C(O)c1ccc(SC(F)(F)F)cc1. The van der Waals surface area contributed by atoms with Gasteiger partial charge in [0.05, 0.1) is 11.6 Å². The zero-order valence-electron chi connectivity index (χ0n) is 8.53. The fourth-order valence-electron chi connectivity index (χ4n) is 1.11. The van der Waals surface area contributed by atoms with Crippen LogP contribution in [0.1, 0.15) is 11.7 Å². The highest BCUT2D eigenvalue weighted by Gasteiger charge is 2.29. The van der Waals surface area contributed by atoms with Crippen molar-refractivity contribution in [1.82, 2.24) is 0 Å². The van der Waals surface area contributed by atoms with Gasteiger partial charge in [0.1, 0.15) is 6.10 Å². The van der Waals surface area contributed by atoms with Crippen LogP contribution in [-0.4, -0.2) is 10.6 Å². The van der Waals surface area contributed by atoms with E-state index >= 15 is 0 Å². The van der Waals surface area contributed by atoms with E-state index in [9.17, 15) is 18.3 Å². The second-order valence-corrected chi connectivity index (χ2v) is 4.29. The van der Waals surface area contributed by atoms with E-state index in [4.69, 9.17) is 5.26 Å². The predicted molar refractivity (Wildman–Crippen MR) is 58.1 cm³/mol. The van der Waals surface area contributed by atoms with Crippen molar-refractivity contribution >= 4 is 11.8 Å². The quantitative estimate of drug-likeness (QED) is 0.668. The largest absolute Gasteiger partial charge is 0.446 e. The van der Waals surface area contributed by atoms with Gasteiger partial charge in [-0.05, 0) is 29.5 Å². The van der Waals surface area contributed by atoms with Crippen molar-refractivity contribution in [3.05, 3.63) is 42.0 Å². The monoisotopic (exact) mass is 259 g/mol. The molecule has 2 nitrogen and oxygen atoms in total. The second kappa shape index (κ2) is 5.25. The summed E-state index contributed by atoms with van der Waals surface area (Å²) in [6.07, 6.45) is -1.18. The van der Waals surface area contributed by atoms with Crippen molar-refractivity contribution in [2.45, 2.75) is 16.5 Å². The van der Waals surface area contributed by atoms with Gasteiger partial charge in [0.25, 0.3) is 0 Å². The molecule has 0 spiro atoms. The van der Waals surface area contributed by atoms with Crippen molar-refractivity contribution in [3.63, 3.8) is 0 Å². The first-order chi connectivity index (χ1) is 7.83. The molecule has 0 aliphatic heterocycles. The topological polar surface area (TPSA) is 44.0 Å². The van der Waals surface area contributed by atoms with Crippen LogP contribution in [0.3, 0.4) is 0 Å². The number of alkyl halides is 3.